The lowest BCUT2D eigenvalue weighted by molar-refractivity contribution is 0.0983. The van der Waals surface area contributed by atoms with Crippen molar-refractivity contribution >= 4 is 48.3 Å². The molecule has 3 aromatic carbocycles. The van der Waals surface area contributed by atoms with E-state index in [9.17, 15) is 17.6 Å². The third kappa shape index (κ3) is 5.18. The van der Waals surface area contributed by atoms with Crippen LogP contribution in [-0.4, -0.2) is 26.4 Å². The number of hydrogen-bond donors (Lipinski definition) is 1. The van der Waals surface area contributed by atoms with Gasteiger partial charge in [0.1, 0.15) is 22.8 Å². The second-order valence-corrected chi connectivity index (χ2v) is 10.6. The van der Waals surface area contributed by atoms with Crippen molar-refractivity contribution in [3.63, 3.8) is 0 Å². The summed E-state index contributed by atoms with van der Waals surface area (Å²) >= 11 is 1.19. The topological polar surface area (TPSA) is 102 Å². The minimum atomic E-state index is -3.84. The van der Waals surface area contributed by atoms with E-state index in [1.807, 2.05) is 0 Å². The smallest absolute Gasteiger partial charge is 0.261 e. The normalized spacial score (nSPS) is 11.4. The van der Waals surface area contributed by atoms with Crippen molar-refractivity contribution < 1.29 is 26.8 Å². The van der Waals surface area contributed by atoms with Crippen molar-refractivity contribution in [3.8, 4) is 5.75 Å². The molecule has 37 heavy (non-hydrogen) atoms. The van der Waals surface area contributed by atoms with E-state index < -0.39 is 21.7 Å². The van der Waals surface area contributed by atoms with Crippen LogP contribution in [0.4, 0.5) is 15.2 Å². The molecule has 1 amide bonds. The summed E-state index contributed by atoms with van der Waals surface area (Å²) in [7, 11) is -2.35. The number of methoxy groups -OCH3 is 1. The molecule has 8 nitrogen and oxygen atoms in total. The summed E-state index contributed by atoms with van der Waals surface area (Å²) in [6.45, 7) is 0.0825. The van der Waals surface area contributed by atoms with Crippen LogP contribution in [0.2, 0.25) is 0 Å². The Morgan fingerprint density at radius 1 is 1.05 bits per heavy atom. The minimum absolute atomic E-state index is 0.0705. The average molecular weight is 538 g/mol. The molecule has 0 aliphatic carbocycles. The fraction of sp³-hybridized carbons (Fsp3) is 0.0769. The van der Waals surface area contributed by atoms with Crippen molar-refractivity contribution in [1.82, 2.24) is 4.98 Å². The first kappa shape index (κ1) is 24.5. The monoisotopic (exact) mass is 537 g/mol. The van der Waals surface area contributed by atoms with Crippen LogP contribution in [0, 0.1) is 5.82 Å². The number of benzene rings is 3. The van der Waals surface area contributed by atoms with Crippen molar-refractivity contribution in [2.24, 2.45) is 0 Å². The summed E-state index contributed by atoms with van der Waals surface area (Å²) in [5.74, 6) is 0.188. The number of halogens is 1. The quantitative estimate of drug-likeness (QED) is 0.273. The highest BCUT2D eigenvalue weighted by molar-refractivity contribution is 7.92. The van der Waals surface area contributed by atoms with Crippen LogP contribution in [0.15, 0.2) is 94.4 Å². The third-order valence-corrected chi connectivity index (χ3v) is 7.92. The van der Waals surface area contributed by atoms with Gasteiger partial charge in [-0.05, 0) is 72.8 Å². The largest absolute Gasteiger partial charge is 0.497 e. The Labute approximate surface area is 216 Å². The van der Waals surface area contributed by atoms with E-state index in [2.05, 4.69) is 9.71 Å². The number of fused-ring (bicyclic) bond motifs is 1. The number of carbonyl (C=O) groups is 1. The molecule has 5 rings (SSSR count). The Bertz CT molecular complexity index is 1650. The second-order valence-electron chi connectivity index (χ2n) is 7.91. The molecule has 0 bridgehead atoms. The number of nitrogens with zero attached hydrogens (tertiary/aromatic N) is 2. The second kappa shape index (κ2) is 10.0. The molecule has 2 heterocycles. The highest BCUT2D eigenvalue weighted by Gasteiger charge is 2.24. The summed E-state index contributed by atoms with van der Waals surface area (Å²) in [5.41, 5.74) is 0.758. The number of nitrogens with one attached hydrogen (secondary N) is 1. The number of furan rings is 1. The van der Waals surface area contributed by atoms with Gasteiger partial charge >= 0.3 is 0 Å². The molecule has 188 valence electrons. The molecular weight excluding hydrogens is 517 g/mol. The summed E-state index contributed by atoms with van der Waals surface area (Å²) in [5, 5.41) is 0.311. The molecule has 0 aliphatic heterocycles. The van der Waals surface area contributed by atoms with Crippen molar-refractivity contribution in [2.75, 3.05) is 16.7 Å². The van der Waals surface area contributed by atoms with Gasteiger partial charge in [-0.15, -0.1) is 0 Å². The fourth-order valence-electron chi connectivity index (χ4n) is 3.61. The van der Waals surface area contributed by atoms with Crippen molar-refractivity contribution in [1.29, 1.82) is 0 Å². The van der Waals surface area contributed by atoms with E-state index in [0.29, 0.717) is 26.9 Å². The maximum absolute atomic E-state index is 14.3. The molecular formula is C26H20FN3O5S2. The predicted octanol–water partition coefficient (Wildman–Crippen LogP) is 5.68. The zero-order chi connectivity index (χ0) is 26.0. The van der Waals surface area contributed by atoms with E-state index in [1.165, 1.54) is 72.1 Å². The van der Waals surface area contributed by atoms with Crippen LogP contribution in [-0.2, 0) is 16.6 Å². The molecule has 0 saturated carbocycles. The molecule has 0 unspecified atom stereocenters. The lowest BCUT2D eigenvalue weighted by Gasteiger charge is -2.19. The molecule has 2 aromatic heterocycles. The number of thiazole rings is 1. The first-order valence-corrected chi connectivity index (χ1v) is 13.3. The molecule has 0 spiro atoms. The number of amides is 1. The summed E-state index contributed by atoms with van der Waals surface area (Å²) in [6.07, 6.45) is 1.50. The lowest BCUT2D eigenvalue weighted by atomic mass is 10.2. The zero-order valence-corrected chi connectivity index (χ0v) is 21.1. The fourth-order valence-corrected chi connectivity index (χ4v) is 5.65. The standard InChI is InChI=1S/C26H20FN3O5S2/c1-34-19-11-13-21(14-12-19)37(32,33)29-18-9-7-17(8-10-18)25(31)30(16-20-4-3-15-35-20)26-28-24-22(27)5-2-6-23(24)36-26/h2-15,29H,16H2,1H3. The number of anilines is 2. The number of ether oxygens (including phenoxy) is 1. The summed E-state index contributed by atoms with van der Waals surface area (Å²) < 4.78 is 53.3. The van der Waals surface area contributed by atoms with E-state index in [0.717, 1.165) is 0 Å². The Balaban J connectivity index is 1.41. The molecule has 0 fully saturated rings. The van der Waals surface area contributed by atoms with Crippen LogP contribution < -0.4 is 14.4 Å². The van der Waals surface area contributed by atoms with Gasteiger partial charge in [0.05, 0.1) is 29.5 Å². The van der Waals surface area contributed by atoms with Crippen molar-refractivity contribution in [3.05, 3.63) is 102 Å². The number of para-hydroxylation sites is 1. The molecule has 11 heteroatoms. The van der Waals surface area contributed by atoms with Crippen LogP contribution >= 0.6 is 11.3 Å². The Morgan fingerprint density at radius 3 is 2.46 bits per heavy atom. The van der Waals surface area contributed by atoms with Gasteiger partial charge in [-0.25, -0.2) is 17.8 Å². The van der Waals surface area contributed by atoms with Gasteiger partial charge in [0, 0.05) is 11.3 Å². The number of hydrogen-bond acceptors (Lipinski definition) is 7. The van der Waals surface area contributed by atoms with Gasteiger partial charge in [-0.1, -0.05) is 17.4 Å². The lowest BCUT2D eigenvalue weighted by Crippen LogP contribution is -2.30. The molecule has 0 saturated heterocycles. The molecule has 5 aromatic rings. The van der Waals surface area contributed by atoms with Gasteiger partial charge in [-0.2, -0.15) is 0 Å². The van der Waals surface area contributed by atoms with Crippen LogP contribution in [0.5, 0.6) is 5.75 Å². The molecule has 1 N–H and O–H groups in total. The van der Waals surface area contributed by atoms with Gasteiger partial charge in [-0.3, -0.25) is 14.4 Å². The van der Waals surface area contributed by atoms with Gasteiger partial charge in [0.25, 0.3) is 15.9 Å². The number of sulfonamides is 1. The number of rotatable bonds is 8. The predicted molar refractivity (Wildman–Crippen MR) is 139 cm³/mol. The molecule has 0 aliphatic rings. The average Bonchev–Trinajstić information content (AvgIpc) is 3.58. The maximum Gasteiger partial charge on any atom is 0.261 e. The maximum atomic E-state index is 14.3. The number of aromatic nitrogens is 1. The number of carbonyl (C=O) groups excluding carboxylic acids is 1. The van der Waals surface area contributed by atoms with Crippen LogP contribution in [0.25, 0.3) is 10.2 Å². The van der Waals surface area contributed by atoms with Gasteiger partial charge in [0.15, 0.2) is 5.13 Å². The SMILES string of the molecule is COc1ccc(S(=O)(=O)Nc2ccc(C(=O)N(Cc3ccco3)c3nc4c(F)cccc4s3)cc2)cc1. The van der Waals surface area contributed by atoms with Crippen LogP contribution in [0.1, 0.15) is 16.1 Å². The van der Waals surface area contributed by atoms with Crippen LogP contribution in [0.3, 0.4) is 0 Å². The van der Waals surface area contributed by atoms with E-state index in [1.54, 1.807) is 36.4 Å². The minimum Gasteiger partial charge on any atom is -0.497 e. The Kier molecular flexibility index (Phi) is 6.64. The third-order valence-electron chi connectivity index (χ3n) is 5.48. The zero-order valence-electron chi connectivity index (χ0n) is 19.4. The van der Waals surface area contributed by atoms with Gasteiger partial charge in [0.2, 0.25) is 0 Å². The first-order valence-electron chi connectivity index (χ1n) is 11.0. The molecule has 0 atom stereocenters. The highest BCUT2D eigenvalue weighted by atomic mass is 32.2. The highest BCUT2D eigenvalue weighted by Crippen LogP contribution is 2.32. The van der Waals surface area contributed by atoms with E-state index in [-0.39, 0.29) is 22.6 Å². The molecule has 0 radical (unpaired) electrons. The summed E-state index contributed by atoms with van der Waals surface area (Å²) in [6, 6.07) is 20.1. The Hall–Kier alpha value is -4.22. The first-order chi connectivity index (χ1) is 17.8. The van der Waals surface area contributed by atoms with E-state index >= 15 is 0 Å². The Morgan fingerprint density at radius 2 is 1.81 bits per heavy atom. The van der Waals surface area contributed by atoms with Crippen molar-refractivity contribution in [2.45, 2.75) is 11.4 Å². The summed E-state index contributed by atoms with van der Waals surface area (Å²) in [4.78, 5) is 19.3. The van der Waals surface area contributed by atoms with E-state index in [4.69, 9.17) is 9.15 Å². The van der Waals surface area contributed by atoms with Gasteiger partial charge < -0.3 is 9.15 Å².